The summed E-state index contributed by atoms with van der Waals surface area (Å²) >= 11 is 3.74. The molecule has 3 rings (SSSR count). The Morgan fingerprint density at radius 3 is 2.50 bits per heavy atom. The smallest absolute Gasteiger partial charge is 0.162 e. The molecule has 0 atom stereocenters. The predicted octanol–water partition coefficient (Wildman–Crippen LogP) is 4.32. The first-order valence-electron chi connectivity index (χ1n) is 8.50. The van der Waals surface area contributed by atoms with Gasteiger partial charge >= 0.3 is 0 Å². The van der Waals surface area contributed by atoms with E-state index in [1.54, 1.807) is 7.11 Å². The van der Waals surface area contributed by atoms with Gasteiger partial charge in [-0.1, -0.05) is 15.9 Å². The highest BCUT2D eigenvalue weighted by Gasteiger charge is 2.21. The minimum absolute atomic E-state index is 0.357. The van der Waals surface area contributed by atoms with Crippen LogP contribution in [0, 0.1) is 5.92 Å². The van der Waals surface area contributed by atoms with Crippen molar-refractivity contribution in [1.29, 1.82) is 0 Å². The topological polar surface area (TPSA) is 30.5 Å². The Morgan fingerprint density at radius 2 is 1.82 bits per heavy atom. The van der Waals surface area contributed by atoms with Crippen LogP contribution in [0.3, 0.4) is 0 Å². The molecule has 4 heteroatoms. The number of rotatable bonds is 5. The third-order valence-corrected chi connectivity index (χ3v) is 5.63. The molecule has 0 unspecified atom stereocenters. The Labute approximate surface area is 141 Å². The molecule has 1 aromatic carbocycles. The number of hydrogen-bond acceptors (Lipinski definition) is 3. The molecule has 122 valence electrons. The van der Waals surface area contributed by atoms with Crippen molar-refractivity contribution in [3.63, 3.8) is 0 Å². The van der Waals surface area contributed by atoms with Gasteiger partial charge in [0.05, 0.1) is 13.2 Å². The summed E-state index contributed by atoms with van der Waals surface area (Å²) in [6.45, 7) is 2.28. The summed E-state index contributed by atoms with van der Waals surface area (Å²) in [7, 11) is 1.74. The van der Waals surface area contributed by atoms with Gasteiger partial charge in [0.1, 0.15) is 0 Å². The molecule has 0 spiro atoms. The lowest BCUT2D eigenvalue weighted by molar-refractivity contribution is 0.200. The number of ether oxygens (including phenoxy) is 2. The fourth-order valence-electron chi connectivity index (χ4n) is 3.57. The van der Waals surface area contributed by atoms with Gasteiger partial charge < -0.3 is 14.8 Å². The van der Waals surface area contributed by atoms with Crippen molar-refractivity contribution in [2.45, 2.75) is 51.0 Å². The molecule has 3 nitrogen and oxygen atoms in total. The zero-order chi connectivity index (χ0) is 15.4. The molecular formula is C18H26BrNO2. The van der Waals surface area contributed by atoms with Gasteiger partial charge in [0.15, 0.2) is 11.5 Å². The molecule has 1 saturated heterocycles. The van der Waals surface area contributed by atoms with E-state index in [9.17, 15) is 0 Å². The van der Waals surface area contributed by atoms with Crippen molar-refractivity contribution in [3.8, 4) is 11.5 Å². The quantitative estimate of drug-likeness (QED) is 0.840. The number of piperidine rings is 1. The van der Waals surface area contributed by atoms with Crippen LogP contribution in [0.1, 0.15) is 44.1 Å². The van der Waals surface area contributed by atoms with E-state index in [-0.39, 0.29) is 0 Å². The first kappa shape index (κ1) is 16.1. The maximum Gasteiger partial charge on any atom is 0.162 e. The molecule has 2 aliphatic rings. The van der Waals surface area contributed by atoms with Crippen molar-refractivity contribution < 1.29 is 9.47 Å². The third-order valence-electron chi connectivity index (χ3n) is 4.90. The van der Waals surface area contributed by atoms with Crippen LogP contribution in [0.5, 0.6) is 11.5 Å². The Bertz CT molecular complexity index is 494. The lowest BCUT2D eigenvalue weighted by Crippen LogP contribution is -2.28. The van der Waals surface area contributed by atoms with Crippen molar-refractivity contribution in [1.82, 2.24) is 5.32 Å². The minimum Gasteiger partial charge on any atom is -0.493 e. The van der Waals surface area contributed by atoms with Crippen LogP contribution in [0.2, 0.25) is 0 Å². The fourth-order valence-corrected chi connectivity index (χ4v) is 4.05. The second-order valence-corrected chi connectivity index (χ2v) is 7.37. The summed E-state index contributed by atoms with van der Waals surface area (Å²) in [5.74, 6) is 2.53. The van der Waals surface area contributed by atoms with Gasteiger partial charge in [0.25, 0.3) is 0 Å². The van der Waals surface area contributed by atoms with E-state index in [1.807, 2.05) is 0 Å². The maximum absolute atomic E-state index is 6.16. The molecule has 1 heterocycles. The second kappa shape index (κ2) is 7.69. The first-order valence-corrected chi connectivity index (χ1v) is 9.29. The van der Waals surface area contributed by atoms with Gasteiger partial charge in [0.2, 0.25) is 0 Å². The van der Waals surface area contributed by atoms with Crippen LogP contribution in [0.4, 0.5) is 0 Å². The van der Waals surface area contributed by atoms with Gasteiger partial charge in [-0.05, 0) is 81.6 Å². The molecule has 22 heavy (non-hydrogen) atoms. The lowest BCUT2D eigenvalue weighted by Gasteiger charge is -2.24. The van der Waals surface area contributed by atoms with Gasteiger partial charge in [0, 0.05) is 4.47 Å². The minimum atomic E-state index is 0.357. The molecule has 0 aromatic heterocycles. The number of nitrogens with one attached hydrogen (secondary N) is 1. The van der Waals surface area contributed by atoms with Crippen molar-refractivity contribution in [2.24, 2.45) is 5.92 Å². The van der Waals surface area contributed by atoms with Crippen molar-refractivity contribution >= 4 is 15.9 Å². The molecule has 1 aliphatic carbocycles. The van der Waals surface area contributed by atoms with E-state index in [0.29, 0.717) is 6.10 Å². The predicted molar refractivity (Wildman–Crippen MR) is 92.9 cm³/mol. The average molecular weight is 368 g/mol. The summed E-state index contributed by atoms with van der Waals surface area (Å²) < 4.78 is 12.9. The molecule has 1 aliphatic heterocycles. The molecule has 0 radical (unpaired) electrons. The van der Waals surface area contributed by atoms with E-state index < -0.39 is 0 Å². The van der Waals surface area contributed by atoms with Crippen LogP contribution in [0.15, 0.2) is 16.6 Å². The van der Waals surface area contributed by atoms with E-state index in [2.05, 4.69) is 33.4 Å². The molecule has 1 saturated carbocycles. The number of benzene rings is 1. The summed E-state index contributed by atoms with van der Waals surface area (Å²) in [6, 6.07) is 4.27. The summed E-state index contributed by atoms with van der Waals surface area (Å²) in [4.78, 5) is 0. The molecule has 1 N–H and O–H groups in total. The molecule has 0 bridgehead atoms. The molecular weight excluding hydrogens is 342 g/mol. The van der Waals surface area contributed by atoms with Crippen LogP contribution in [-0.2, 0) is 6.42 Å². The molecule has 0 amide bonds. The number of halogens is 1. The Balaban J connectivity index is 1.73. The van der Waals surface area contributed by atoms with Crippen LogP contribution >= 0.6 is 15.9 Å². The number of methoxy groups -OCH3 is 1. The highest BCUT2D eigenvalue weighted by atomic mass is 79.9. The zero-order valence-corrected chi connectivity index (χ0v) is 15.0. The Kier molecular flexibility index (Phi) is 5.64. The van der Waals surface area contributed by atoms with Crippen molar-refractivity contribution in [3.05, 3.63) is 22.2 Å². The van der Waals surface area contributed by atoms with E-state index in [1.165, 1.54) is 31.2 Å². The van der Waals surface area contributed by atoms with Crippen LogP contribution < -0.4 is 14.8 Å². The second-order valence-electron chi connectivity index (χ2n) is 6.52. The van der Waals surface area contributed by atoms with E-state index in [0.717, 1.165) is 54.2 Å². The normalized spacial score (nSPS) is 20.3. The standard InChI is InChI=1S/C18H26BrNO2/c1-21-17-11-14(10-13-6-8-20-9-7-13)16(19)12-18(17)22-15-4-2-3-5-15/h11-13,15,20H,2-10H2,1H3. The van der Waals surface area contributed by atoms with Crippen LogP contribution in [-0.4, -0.2) is 26.3 Å². The van der Waals surface area contributed by atoms with E-state index >= 15 is 0 Å². The first-order chi connectivity index (χ1) is 10.8. The van der Waals surface area contributed by atoms with Gasteiger partial charge in [-0.2, -0.15) is 0 Å². The van der Waals surface area contributed by atoms with E-state index in [4.69, 9.17) is 9.47 Å². The summed E-state index contributed by atoms with van der Waals surface area (Å²) in [6.07, 6.45) is 8.88. The highest BCUT2D eigenvalue weighted by Crippen LogP contribution is 2.37. The fraction of sp³-hybridized carbons (Fsp3) is 0.667. The summed E-state index contributed by atoms with van der Waals surface area (Å²) in [5, 5.41) is 3.43. The highest BCUT2D eigenvalue weighted by molar-refractivity contribution is 9.10. The maximum atomic E-state index is 6.16. The van der Waals surface area contributed by atoms with Gasteiger partial charge in [-0.15, -0.1) is 0 Å². The Hall–Kier alpha value is -0.740. The lowest BCUT2D eigenvalue weighted by atomic mass is 9.91. The Morgan fingerprint density at radius 1 is 1.09 bits per heavy atom. The SMILES string of the molecule is COc1cc(CC2CCNCC2)c(Br)cc1OC1CCCC1. The monoisotopic (exact) mass is 367 g/mol. The van der Waals surface area contributed by atoms with Gasteiger partial charge in [-0.25, -0.2) is 0 Å². The van der Waals surface area contributed by atoms with Gasteiger partial charge in [-0.3, -0.25) is 0 Å². The molecule has 2 fully saturated rings. The molecule has 1 aromatic rings. The largest absolute Gasteiger partial charge is 0.493 e. The number of hydrogen-bond donors (Lipinski definition) is 1. The van der Waals surface area contributed by atoms with Crippen molar-refractivity contribution in [2.75, 3.05) is 20.2 Å². The average Bonchev–Trinajstić information content (AvgIpc) is 3.04. The summed E-state index contributed by atoms with van der Waals surface area (Å²) in [5.41, 5.74) is 1.34. The zero-order valence-electron chi connectivity index (χ0n) is 13.4. The van der Waals surface area contributed by atoms with Crippen LogP contribution in [0.25, 0.3) is 0 Å². The third kappa shape index (κ3) is 3.96.